The topological polar surface area (TPSA) is 0 Å². The van der Waals surface area contributed by atoms with Crippen LogP contribution in [0, 0.1) is 18.2 Å². The average Bonchev–Trinajstić information content (AvgIpc) is 3.26. The van der Waals surface area contributed by atoms with Gasteiger partial charge in [0.15, 0.2) is 0 Å². The summed E-state index contributed by atoms with van der Waals surface area (Å²) in [5.74, 6) is 0. The summed E-state index contributed by atoms with van der Waals surface area (Å²) in [6.07, 6.45) is 15.7. The quantitative estimate of drug-likeness (QED) is 0.418. The van der Waals surface area contributed by atoms with Crippen molar-refractivity contribution in [3.05, 3.63) is 96.1 Å². The van der Waals surface area contributed by atoms with Crippen molar-refractivity contribution in [2.45, 2.75) is 26.7 Å². The van der Waals surface area contributed by atoms with Crippen molar-refractivity contribution < 1.29 is 51.0 Å². The zero-order valence-electron chi connectivity index (χ0n) is 14.5. The third-order valence-corrected chi connectivity index (χ3v) is 3.49. The zero-order chi connectivity index (χ0) is 15.6. The predicted molar refractivity (Wildman–Crippen MR) is 94.3 cm³/mol. The van der Waals surface area contributed by atoms with E-state index in [1.54, 1.807) is 0 Å². The van der Waals surface area contributed by atoms with Gasteiger partial charge in [-0.05, 0) is 6.42 Å². The Morgan fingerprint density at radius 3 is 2.28 bits per heavy atom. The van der Waals surface area contributed by atoms with E-state index in [-0.39, 0.29) is 51.0 Å². The molecule has 0 radical (unpaired) electrons. The molecule has 2 aromatic rings. The van der Waals surface area contributed by atoms with Gasteiger partial charge in [0.25, 0.3) is 0 Å². The van der Waals surface area contributed by atoms with E-state index in [0.29, 0.717) is 0 Å². The minimum Gasteiger partial charge on any atom is -1.00 e. The van der Waals surface area contributed by atoms with Crippen LogP contribution in [0.4, 0.5) is 0 Å². The van der Waals surface area contributed by atoms with E-state index in [2.05, 4.69) is 60.7 Å². The molecule has 130 valence electrons. The van der Waals surface area contributed by atoms with E-state index in [1.165, 1.54) is 22.3 Å². The SMILES string of the molecule is C[C-]=CC.[C-]1=CC=CC1.[Cl-].[Cl-].[Zr+2].[c-]1cccc2c1Cc1ccccc1-2. The van der Waals surface area contributed by atoms with Gasteiger partial charge in [-0.2, -0.15) is 42.8 Å². The monoisotopic (exact) mass is 445 g/mol. The molecule has 0 atom stereocenters. The Hall–Kier alpha value is -0.877. The van der Waals surface area contributed by atoms with Crippen LogP contribution < -0.4 is 24.8 Å². The molecule has 0 bridgehead atoms. The van der Waals surface area contributed by atoms with Gasteiger partial charge in [-0.25, -0.2) is 12.2 Å². The van der Waals surface area contributed by atoms with Gasteiger partial charge in [0.1, 0.15) is 0 Å². The second-order valence-corrected chi connectivity index (χ2v) is 4.98. The molecule has 0 saturated carbocycles. The minimum absolute atomic E-state index is 0. The Labute approximate surface area is 184 Å². The summed E-state index contributed by atoms with van der Waals surface area (Å²) in [5.41, 5.74) is 5.51. The Morgan fingerprint density at radius 1 is 1.04 bits per heavy atom. The largest absolute Gasteiger partial charge is 2.00 e. The van der Waals surface area contributed by atoms with Crippen molar-refractivity contribution in [2.24, 2.45) is 0 Å². The molecule has 2 aliphatic rings. The predicted octanol–water partition coefficient (Wildman–Crippen LogP) is -0.245. The number of hydrogen-bond donors (Lipinski definition) is 0. The van der Waals surface area contributed by atoms with Crippen LogP contribution in [0.1, 0.15) is 31.4 Å². The molecule has 0 heterocycles. The smallest absolute Gasteiger partial charge is 1.00 e. The maximum Gasteiger partial charge on any atom is 2.00 e. The fraction of sp³-hybridized carbons (Fsp3) is 0.182. The summed E-state index contributed by atoms with van der Waals surface area (Å²) in [4.78, 5) is 0. The fourth-order valence-electron chi connectivity index (χ4n) is 2.34. The summed E-state index contributed by atoms with van der Waals surface area (Å²) in [7, 11) is 0. The first kappa shape index (κ1) is 26.4. The summed E-state index contributed by atoms with van der Waals surface area (Å²) in [5, 5.41) is 0. The number of rotatable bonds is 0. The molecule has 25 heavy (non-hydrogen) atoms. The van der Waals surface area contributed by atoms with Gasteiger partial charge in [-0.15, -0.1) is 12.0 Å². The summed E-state index contributed by atoms with van der Waals surface area (Å²) >= 11 is 0. The van der Waals surface area contributed by atoms with Crippen molar-refractivity contribution in [1.82, 2.24) is 0 Å². The molecule has 0 aromatic heterocycles. The first-order chi connectivity index (χ1) is 10.9. The van der Waals surface area contributed by atoms with Gasteiger partial charge in [0.2, 0.25) is 0 Å². The Morgan fingerprint density at radius 2 is 1.72 bits per heavy atom. The number of benzene rings is 2. The molecule has 2 aromatic carbocycles. The molecule has 0 spiro atoms. The van der Waals surface area contributed by atoms with E-state index in [1.807, 2.05) is 38.1 Å². The Balaban J connectivity index is 0. The van der Waals surface area contributed by atoms with E-state index in [0.717, 1.165) is 12.8 Å². The molecule has 0 aliphatic heterocycles. The molecule has 0 nitrogen and oxygen atoms in total. The van der Waals surface area contributed by atoms with E-state index >= 15 is 0 Å². The first-order valence-corrected chi connectivity index (χ1v) is 7.61. The third-order valence-electron chi connectivity index (χ3n) is 3.49. The molecular weight excluding hydrogens is 426 g/mol. The Kier molecular flexibility index (Phi) is 16.2. The molecule has 4 rings (SSSR count). The second-order valence-electron chi connectivity index (χ2n) is 4.98. The maximum absolute atomic E-state index is 3.30. The van der Waals surface area contributed by atoms with Crippen LogP contribution in [-0.4, -0.2) is 0 Å². The van der Waals surface area contributed by atoms with Crippen molar-refractivity contribution in [1.29, 1.82) is 0 Å². The van der Waals surface area contributed by atoms with E-state index in [9.17, 15) is 0 Å². The van der Waals surface area contributed by atoms with Gasteiger partial charge >= 0.3 is 26.2 Å². The normalized spacial score (nSPS) is 11.4. The average molecular weight is 448 g/mol. The molecular formula is C22H21Cl2Zr-3. The zero-order valence-corrected chi connectivity index (χ0v) is 18.5. The van der Waals surface area contributed by atoms with Gasteiger partial charge in [0, 0.05) is 0 Å². The molecule has 3 heteroatoms. The van der Waals surface area contributed by atoms with Crippen LogP contribution in [0.25, 0.3) is 11.1 Å². The van der Waals surface area contributed by atoms with Crippen LogP contribution in [0.2, 0.25) is 0 Å². The van der Waals surface area contributed by atoms with Crippen LogP contribution >= 0.6 is 0 Å². The van der Waals surface area contributed by atoms with Gasteiger partial charge in [-0.3, -0.25) is 12.2 Å². The van der Waals surface area contributed by atoms with Gasteiger partial charge in [0.05, 0.1) is 0 Å². The van der Waals surface area contributed by atoms with Crippen molar-refractivity contribution >= 4 is 0 Å². The van der Waals surface area contributed by atoms with Gasteiger partial charge in [-0.1, -0.05) is 42.3 Å². The molecule has 0 saturated heterocycles. The summed E-state index contributed by atoms with van der Waals surface area (Å²) < 4.78 is 0. The second kappa shape index (κ2) is 15.4. The third kappa shape index (κ3) is 8.36. The molecule has 0 fully saturated rings. The van der Waals surface area contributed by atoms with E-state index in [4.69, 9.17) is 0 Å². The standard InChI is InChI=1S/C13H9.C5H5.C4H7.2ClH.Zr/c1-3-7-12-10(5-1)9-11-6-2-4-8-13(11)12;1-2-4-5-3-1;1-3-4-2;;;/h1-5,7-8H,9H2;1-3H,4H2;3H,1-2H3;2*1H;/q3*-1;;;+2/p-2. The van der Waals surface area contributed by atoms with Crippen LogP contribution in [-0.2, 0) is 32.6 Å². The molecule has 0 amide bonds. The Bertz CT molecular complexity index is 630. The minimum atomic E-state index is 0. The molecule has 0 unspecified atom stereocenters. The number of hydrogen-bond acceptors (Lipinski definition) is 0. The number of allylic oxidation sites excluding steroid dienone is 6. The van der Waals surface area contributed by atoms with Crippen molar-refractivity contribution in [3.63, 3.8) is 0 Å². The first-order valence-electron chi connectivity index (χ1n) is 7.61. The summed E-state index contributed by atoms with van der Waals surface area (Å²) in [6, 6.07) is 18.1. The summed E-state index contributed by atoms with van der Waals surface area (Å²) in [6.45, 7) is 3.82. The van der Waals surface area contributed by atoms with Crippen molar-refractivity contribution in [2.75, 3.05) is 0 Å². The van der Waals surface area contributed by atoms with Gasteiger partial charge < -0.3 is 30.9 Å². The van der Waals surface area contributed by atoms with Crippen molar-refractivity contribution in [3.8, 4) is 11.1 Å². The number of fused-ring (bicyclic) bond motifs is 3. The number of halogens is 2. The maximum atomic E-state index is 3.30. The van der Waals surface area contributed by atoms with E-state index < -0.39 is 0 Å². The van der Waals surface area contributed by atoms with Crippen LogP contribution in [0.5, 0.6) is 0 Å². The molecule has 2 aliphatic carbocycles. The van der Waals surface area contributed by atoms with Crippen LogP contribution in [0.3, 0.4) is 0 Å². The molecule has 0 N–H and O–H groups in total. The van der Waals surface area contributed by atoms with Crippen LogP contribution in [0.15, 0.2) is 66.8 Å². The fourth-order valence-corrected chi connectivity index (χ4v) is 2.34.